The summed E-state index contributed by atoms with van der Waals surface area (Å²) in [5.41, 5.74) is 0.0928. The third-order valence-corrected chi connectivity index (χ3v) is 7.48. The van der Waals surface area contributed by atoms with Crippen LogP contribution in [0.25, 0.3) is 11.0 Å². The van der Waals surface area contributed by atoms with E-state index in [-0.39, 0.29) is 22.4 Å². The highest BCUT2D eigenvalue weighted by atomic mass is 32.2. The number of hydrogen-bond donors (Lipinski definition) is 5. The minimum absolute atomic E-state index is 0.0271. The molecule has 13 heteroatoms. The molecule has 2 saturated heterocycles. The van der Waals surface area contributed by atoms with E-state index in [2.05, 4.69) is 25.3 Å². The Morgan fingerprint density at radius 2 is 1.62 bits per heavy atom. The zero-order valence-electron chi connectivity index (χ0n) is 17.7. The maximum Gasteiger partial charge on any atom is 0.323 e. The summed E-state index contributed by atoms with van der Waals surface area (Å²) < 4.78 is 27.9. The van der Waals surface area contributed by atoms with E-state index in [0.29, 0.717) is 42.5 Å². The molecule has 0 bridgehead atoms. The number of imidazole rings is 1. The fourth-order valence-corrected chi connectivity index (χ4v) is 5.31. The van der Waals surface area contributed by atoms with Gasteiger partial charge in [0.1, 0.15) is 5.54 Å². The minimum Gasteiger partial charge on any atom is -0.338 e. The lowest BCUT2D eigenvalue weighted by molar-refractivity contribution is -0.125. The van der Waals surface area contributed by atoms with E-state index in [9.17, 15) is 27.6 Å². The van der Waals surface area contributed by atoms with Crippen LogP contribution in [0.4, 0.5) is 10.5 Å². The summed E-state index contributed by atoms with van der Waals surface area (Å²) in [6.45, 7) is 0.593. The van der Waals surface area contributed by atoms with Gasteiger partial charge in [0, 0.05) is 24.3 Å². The summed E-state index contributed by atoms with van der Waals surface area (Å²) in [7, 11) is -3.93. The minimum atomic E-state index is -3.93. The Bertz CT molecular complexity index is 1480. The number of hydrogen-bond acceptors (Lipinski definition) is 6. The molecule has 12 nitrogen and oxygen atoms in total. The van der Waals surface area contributed by atoms with Crippen LogP contribution < -0.4 is 21.0 Å². The fourth-order valence-electron chi connectivity index (χ4n) is 4.23. The van der Waals surface area contributed by atoms with Crippen LogP contribution in [0.1, 0.15) is 23.2 Å². The Kier molecular flexibility index (Phi) is 4.93. The number of piperidine rings is 1. The highest BCUT2D eigenvalue weighted by molar-refractivity contribution is 7.92. The number of sulfonamides is 1. The molecule has 0 radical (unpaired) electrons. The van der Waals surface area contributed by atoms with Crippen molar-refractivity contribution in [3.05, 3.63) is 58.5 Å². The third-order valence-electron chi connectivity index (χ3n) is 6.10. The van der Waals surface area contributed by atoms with Crippen molar-refractivity contribution in [2.45, 2.75) is 23.3 Å². The lowest BCUT2D eigenvalue weighted by Crippen LogP contribution is -2.55. The van der Waals surface area contributed by atoms with E-state index < -0.39 is 27.3 Å². The van der Waals surface area contributed by atoms with Crippen LogP contribution in [0, 0.1) is 0 Å². The molecule has 5 N–H and O–H groups in total. The predicted octanol–water partition coefficient (Wildman–Crippen LogP) is 0.471. The van der Waals surface area contributed by atoms with Crippen LogP contribution in [0.5, 0.6) is 0 Å². The van der Waals surface area contributed by atoms with Crippen molar-refractivity contribution in [2.24, 2.45) is 0 Å². The lowest BCUT2D eigenvalue weighted by Gasteiger charge is -2.37. The quantitative estimate of drug-likeness (QED) is 0.337. The smallest absolute Gasteiger partial charge is 0.323 e. The highest BCUT2D eigenvalue weighted by Crippen LogP contribution is 2.27. The van der Waals surface area contributed by atoms with Crippen molar-refractivity contribution in [3.8, 4) is 0 Å². The molecule has 0 unspecified atom stereocenters. The van der Waals surface area contributed by atoms with Gasteiger partial charge in [0.25, 0.3) is 21.8 Å². The second kappa shape index (κ2) is 7.73. The van der Waals surface area contributed by atoms with Gasteiger partial charge in [0.05, 0.1) is 15.9 Å². The van der Waals surface area contributed by atoms with Crippen LogP contribution in [0.15, 0.2) is 52.2 Å². The first-order chi connectivity index (χ1) is 16.1. The number of imide groups is 1. The summed E-state index contributed by atoms with van der Waals surface area (Å²) in [6.07, 6.45) is 0.621. The second-order valence-electron chi connectivity index (χ2n) is 8.25. The van der Waals surface area contributed by atoms with E-state index in [4.69, 9.17) is 0 Å². The number of aromatic nitrogens is 2. The summed E-state index contributed by atoms with van der Waals surface area (Å²) in [6, 6.07) is 9.70. The van der Waals surface area contributed by atoms with Crippen molar-refractivity contribution in [2.75, 3.05) is 17.8 Å². The molecule has 2 aliphatic rings. The van der Waals surface area contributed by atoms with Crippen LogP contribution in [0.3, 0.4) is 0 Å². The summed E-state index contributed by atoms with van der Waals surface area (Å²) in [5, 5.41) is 4.88. The molecule has 3 heterocycles. The topological polar surface area (TPSA) is 173 Å². The Morgan fingerprint density at radius 1 is 0.941 bits per heavy atom. The summed E-state index contributed by atoms with van der Waals surface area (Å²) in [4.78, 5) is 54.4. The number of amides is 4. The first-order valence-corrected chi connectivity index (χ1v) is 11.9. The Morgan fingerprint density at radius 3 is 2.26 bits per heavy atom. The van der Waals surface area contributed by atoms with Crippen LogP contribution in [-0.4, -0.2) is 59.8 Å². The molecule has 34 heavy (non-hydrogen) atoms. The first-order valence-electron chi connectivity index (χ1n) is 10.4. The molecule has 2 fully saturated rings. The van der Waals surface area contributed by atoms with Gasteiger partial charge in [-0.2, -0.15) is 0 Å². The average molecular weight is 484 g/mol. The molecule has 0 aliphatic carbocycles. The number of benzene rings is 2. The molecule has 1 spiro atoms. The number of H-pyrrole nitrogens is 2. The largest absolute Gasteiger partial charge is 0.338 e. The van der Waals surface area contributed by atoms with Crippen LogP contribution in [-0.2, 0) is 14.8 Å². The maximum atomic E-state index is 12.9. The third kappa shape index (κ3) is 3.79. The molecule has 1 aromatic heterocycles. The number of likely N-dealkylation sites (tertiary alicyclic amines) is 1. The standard InChI is InChI=1S/C21H20N6O6S/c28-17(27-9-7-21(8-10-27)18(29)24-20(31)25-21)12-1-3-13(4-2-12)26-34(32,33)14-5-6-15-16(11-14)23-19(30)22-15/h1-6,11,26H,7-10H2,(H2,22,23,30)(H2,24,25,29,31). The number of nitrogens with one attached hydrogen (secondary N) is 5. The van der Waals surface area contributed by atoms with Crippen molar-refractivity contribution >= 4 is 44.6 Å². The Balaban J connectivity index is 1.26. The molecule has 5 rings (SSSR count). The number of urea groups is 1. The second-order valence-corrected chi connectivity index (χ2v) is 9.93. The number of carbonyl (C=O) groups is 3. The highest BCUT2D eigenvalue weighted by Gasteiger charge is 2.48. The number of nitrogens with zero attached hydrogens (tertiary/aromatic N) is 1. The van der Waals surface area contributed by atoms with Crippen LogP contribution >= 0.6 is 0 Å². The van der Waals surface area contributed by atoms with E-state index >= 15 is 0 Å². The SMILES string of the molecule is O=C1NC(=O)C2(CCN(C(=O)c3ccc(NS(=O)(=O)c4ccc5[nH]c(=O)[nH]c5c4)cc3)CC2)N1. The van der Waals surface area contributed by atoms with E-state index in [0.717, 1.165) is 0 Å². The monoisotopic (exact) mass is 484 g/mol. The van der Waals surface area contributed by atoms with Crippen molar-refractivity contribution in [1.29, 1.82) is 0 Å². The number of rotatable bonds is 4. The van der Waals surface area contributed by atoms with E-state index in [1.54, 1.807) is 4.90 Å². The number of anilines is 1. The fraction of sp³-hybridized carbons (Fsp3) is 0.238. The van der Waals surface area contributed by atoms with Gasteiger partial charge in [-0.25, -0.2) is 18.0 Å². The normalized spacial score (nSPS) is 17.6. The lowest BCUT2D eigenvalue weighted by atomic mass is 9.87. The molecule has 2 aliphatic heterocycles. The van der Waals surface area contributed by atoms with Gasteiger partial charge in [0.15, 0.2) is 0 Å². The number of fused-ring (bicyclic) bond motifs is 1. The summed E-state index contributed by atoms with van der Waals surface area (Å²) >= 11 is 0. The Hall–Kier alpha value is -4.13. The van der Waals surface area contributed by atoms with Gasteiger partial charge in [-0.1, -0.05) is 0 Å². The van der Waals surface area contributed by atoms with Crippen molar-refractivity contribution in [1.82, 2.24) is 25.5 Å². The van der Waals surface area contributed by atoms with Gasteiger partial charge in [-0.05, 0) is 55.3 Å². The number of aromatic amines is 2. The van der Waals surface area contributed by atoms with Gasteiger partial charge in [-0.3, -0.25) is 19.6 Å². The van der Waals surface area contributed by atoms with Crippen molar-refractivity contribution < 1.29 is 22.8 Å². The molecule has 3 aromatic rings. The van der Waals surface area contributed by atoms with Gasteiger partial charge < -0.3 is 20.2 Å². The van der Waals surface area contributed by atoms with E-state index in [1.807, 2.05) is 0 Å². The zero-order chi connectivity index (χ0) is 24.1. The molecule has 0 atom stereocenters. The van der Waals surface area contributed by atoms with Gasteiger partial charge >= 0.3 is 11.7 Å². The first kappa shape index (κ1) is 21.7. The number of carbonyl (C=O) groups excluding carboxylic acids is 3. The van der Waals surface area contributed by atoms with Crippen molar-refractivity contribution in [3.63, 3.8) is 0 Å². The van der Waals surface area contributed by atoms with Gasteiger partial charge in [0.2, 0.25) is 0 Å². The predicted molar refractivity (Wildman–Crippen MR) is 121 cm³/mol. The molecule has 2 aromatic carbocycles. The van der Waals surface area contributed by atoms with Crippen LogP contribution in [0.2, 0.25) is 0 Å². The molecule has 4 amide bonds. The van der Waals surface area contributed by atoms with Gasteiger partial charge in [-0.15, -0.1) is 0 Å². The molecular formula is C21H20N6O6S. The average Bonchev–Trinajstić information content (AvgIpc) is 3.31. The van der Waals surface area contributed by atoms with E-state index in [1.165, 1.54) is 42.5 Å². The maximum absolute atomic E-state index is 12.9. The molecule has 176 valence electrons. The molecular weight excluding hydrogens is 464 g/mol. The summed E-state index contributed by atoms with van der Waals surface area (Å²) in [5.74, 6) is -0.626. The molecule has 0 saturated carbocycles. The Labute approximate surface area is 192 Å². The zero-order valence-corrected chi connectivity index (χ0v) is 18.5.